The molecular formula is C12H21NO3. The third kappa shape index (κ3) is 1.96. The highest BCUT2D eigenvalue weighted by molar-refractivity contribution is 5.80. The zero-order valence-electron chi connectivity index (χ0n) is 9.95. The molecule has 92 valence electrons. The summed E-state index contributed by atoms with van der Waals surface area (Å²) in [4.78, 5) is 13.8. The van der Waals surface area contributed by atoms with Gasteiger partial charge in [0, 0.05) is 7.11 Å². The Hall–Kier alpha value is -0.610. The third-order valence-electron chi connectivity index (χ3n) is 3.91. The Kier molecular flexibility index (Phi) is 3.50. The number of ether oxygens (including phenoxy) is 1. The maximum absolute atomic E-state index is 11.7. The van der Waals surface area contributed by atoms with Crippen molar-refractivity contribution in [2.45, 2.75) is 37.6 Å². The van der Waals surface area contributed by atoms with Gasteiger partial charge in [-0.3, -0.25) is 9.69 Å². The second kappa shape index (κ2) is 4.72. The molecule has 2 rings (SSSR count). The molecule has 0 aromatic heterocycles. The molecular weight excluding hydrogens is 206 g/mol. The number of methoxy groups -OCH3 is 1. The second-order valence-corrected chi connectivity index (χ2v) is 4.98. The smallest absolute Gasteiger partial charge is 0.326 e. The average molecular weight is 227 g/mol. The topological polar surface area (TPSA) is 49.8 Å². The van der Waals surface area contributed by atoms with Gasteiger partial charge in [-0.1, -0.05) is 6.42 Å². The minimum Gasteiger partial charge on any atom is -0.480 e. The van der Waals surface area contributed by atoms with E-state index in [2.05, 4.69) is 4.90 Å². The molecule has 1 unspecified atom stereocenters. The average Bonchev–Trinajstić information content (AvgIpc) is 3.11. The van der Waals surface area contributed by atoms with Crippen molar-refractivity contribution in [2.75, 3.05) is 26.8 Å². The Morgan fingerprint density at radius 1 is 1.38 bits per heavy atom. The summed E-state index contributed by atoms with van der Waals surface area (Å²) in [7, 11) is 1.60. The Labute approximate surface area is 96.6 Å². The summed E-state index contributed by atoms with van der Waals surface area (Å²) in [5.74, 6) is -0.401. The number of carboxylic acids is 1. The van der Waals surface area contributed by atoms with E-state index in [4.69, 9.17) is 4.74 Å². The van der Waals surface area contributed by atoms with Crippen LogP contribution in [0.2, 0.25) is 0 Å². The number of nitrogens with zero attached hydrogens (tertiary/aromatic N) is 1. The van der Waals surface area contributed by atoms with Crippen LogP contribution in [-0.2, 0) is 9.53 Å². The van der Waals surface area contributed by atoms with E-state index in [0.29, 0.717) is 12.5 Å². The van der Waals surface area contributed by atoms with Crippen LogP contribution in [0, 0.1) is 5.92 Å². The summed E-state index contributed by atoms with van der Waals surface area (Å²) >= 11 is 0. The molecule has 2 fully saturated rings. The number of rotatable bonds is 5. The number of piperidine rings is 1. The van der Waals surface area contributed by atoms with E-state index in [1.165, 1.54) is 6.42 Å². The molecule has 0 spiro atoms. The van der Waals surface area contributed by atoms with E-state index in [0.717, 1.165) is 38.8 Å². The molecule has 1 aliphatic heterocycles. The van der Waals surface area contributed by atoms with E-state index in [1.54, 1.807) is 7.11 Å². The van der Waals surface area contributed by atoms with Crippen molar-refractivity contribution in [2.24, 2.45) is 5.92 Å². The first-order chi connectivity index (χ1) is 7.71. The van der Waals surface area contributed by atoms with Crippen molar-refractivity contribution >= 4 is 5.97 Å². The highest BCUT2D eigenvalue weighted by Crippen LogP contribution is 2.44. The quantitative estimate of drug-likeness (QED) is 0.770. The highest BCUT2D eigenvalue weighted by Gasteiger charge is 2.55. The SMILES string of the molecule is COCC(C(=O)O)(C1CC1)N1CCCCC1. The number of carboxylic acid groups (broad SMARTS) is 1. The van der Waals surface area contributed by atoms with Crippen LogP contribution in [0.4, 0.5) is 0 Å². The van der Waals surface area contributed by atoms with Crippen LogP contribution >= 0.6 is 0 Å². The number of carbonyl (C=O) groups is 1. The molecule has 4 nitrogen and oxygen atoms in total. The molecule has 1 saturated carbocycles. The Morgan fingerprint density at radius 3 is 2.44 bits per heavy atom. The summed E-state index contributed by atoms with van der Waals surface area (Å²) in [6.45, 7) is 2.14. The predicted molar refractivity (Wildman–Crippen MR) is 60.4 cm³/mol. The minimum absolute atomic E-state index is 0.294. The molecule has 0 aromatic rings. The first-order valence-corrected chi connectivity index (χ1v) is 6.19. The van der Waals surface area contributed by atoms with E-state index in [1.807, 2.05) is 0 Å². The van der Waals surface area contributed by atoms with Crippen molar-refractivity contribution in [1.29, 1.82) is 0 Å². The zero-order valence-corrected chi connectivity index (χ0v) is 9.95. The summed E-state index contributed by atoms with van der Waals surface area (Å²) in [5, 5.41) is 9.60. The highest BCUT2D eigenvalue weighted by atomic mass is 16.5. The number of aliphatic carboxylic acids is 1. The molecule has 2 aliphatic rings. The van der Waals surface area contributed by atoms with Gasteiger partial charge >= 0.3 is 5.97 Å². The van der Waals surface area contributed by atoms with Crippen LogP contribution in [-0.4, -0.2) is 48.3 Å². The lowest BCUT2D eigenvalue weighted by Crippen LogP contribution is -2.60. The third-order valence-corrected chi connectivity index (χ3v) is 3.91. The van der Waals surface area contributed by atoms with Crippen LogP contribution in [0.15, 0.2) is 0 Å². The molecule has 4 heteroatoms. The van der Waals surface area contributed by atoms with Gasteiger partial charge in [-0.15, -0.1) is 0 Å². The fourth-order valence-electron chi connectivity index (χ4n) is 2.91. The Balaban J connectivity index is 2.19. The van der Waals surface area contributed by atoms with Crippen molar-refractivity contribution in [1.82, 2.24) is 4.90 Å². The number of hydrogen-bond donors (Lipinski definition) is 1. The lowest BCUT2D eigenvalue weighted by molar-refractivity contribution is -0.159. The van der Waals surface area contributed by atoms with Gasteiger partial charge in [-0.05, 0) is 44.7 Å². The van der Waals surface area contributed by atoms with Gasteiger partial charge in [0.05, 0.1) is 6.61 Å². The van der Waals surface area contributed by atoms with Crippen molar-refractivity contribution < 1.29 is 14.6 Å². The van der Waals surface area contributed by atoms with Crippen LogP contribution in [0.3, 0.4) is 0 Å². The Morgan fingerprint density at radius 2 is 2.00 bits per heavy atom. The lowest BCUT2D eigenvalue weighted by atomic mass is 9.89. The maximum Gasteiger partial charge on any atom is 0.326 e. The van der Waals surface area contributed by atoms with E-state index in [9.17, 15) is 9.90 Å². The minimum atomic E-state index is -0.741. The summed E-state index contributed by atoms with van der Waals surface area (Å²) in [6, 6.07) is 0. The van der Waals surface area contributed by atoms with Crippen LogP contribution in [0.5, 0.6) is 0 Å². The summed E-state index contributed by atoms with van der Waals surface area (Å²) < 4.78 is 5.20. The number of hydrogen-bond acceptors (Lipinski definition) is 3. The van der Waals surface area contributed by atoms with Gasteiger partial charge in [0.2, 0.25) is 0 Å². The first kappa shape index (κ1) is 11.9. The predicted octanol–water partition coefficient (Wildman–Crippen LogP) is 1.35. The molecule has 1 N–H and O–H groups in total. The first-order valence-electron chi connectivity index (χ1n) is 6.19. The molecule has 1 heterocycles. The molecule has 1 aliphatic carbocycles. The van der Waals surface area contributed by atoms with Crippen LogP contribution in [0.1, 0.15) is 32.1 Å². The molecule has 0 amide bonds. The van der Waals surface area contributed by atoms with Gasteiger partial charge in [-0.2, -0.15) is 0 Å². The van der Waals surface area contributed by atoms with Crippen molar-refractivity contribution in [3.8, 4) is 0 Å². The van der Waals surface area contributed by atoms with E-state index in [-0.39, 0.29) is 0 Å². The molecule has 1 saturated heterocycles. The van der Waals surface area contributed by atoms with Gasteiger partial charge in [0.15, 0.2) is 0 Å². The largest absolute Gasteiger partial charge is 0.480 e. The molecule has 0 radical (unpaired) electrons. The van der Waals surface area contributed by atoms with Crippen LogP contribution in [0.25, 0.3) is 0 Å². The molecule has 1 atom stereocenters. The number of likely N-dealkylation sites (tertiary alicyclic amines) is 1. The van der Waals surface area contributed by atoms with Crippen molar-refractivity contribution in [3.05, 3.63) is 0 Å². The molecule has 0 bridgehead atoms. The van der Waals surface area contributed by atoms with E-state index >= 15 is 0 Å². The van der Waals surface area contributed by atoms with Gasteiger partial charge in [0.25, 0.3) is 0 Å². The monoisotopic (exact) mass is 227 g/mol. The van der Waals surface area contributed by atoms with Gasteiger partial charge < -0.3 is 9.84 Å². The Bertz CT molecular complexity index is 259. The fourth-order valence-corrected chi connectivity index (χ4v) is 2.91. The maximum atomic E-state index is 11.7. The van der Waals surface area contributed by atoms with Crippen molar-refractivity contribution in [3.63, 3.8) is 0 Å². The van der Waals surface area contributed by atoms with E-state index < -0.39 is 11.5 Å². The fraction of sp³-hybridized carbons (Fsp3) is 0.917. The summed E-state index contributed by atoms with van der Waals surface area (Å²) in [6.07, 6.45) is 5.53. The normalized spacial score (nSPS) is 26.3. The second-order valence-electron chi connectivity index (χ2n) is 4.98. The standard InChI is InChI=1S/C12H21NO3/c1-16-9-12(11(14)15,10-5-6-10)13-7-3-2-4-8-13/h10H,2-9H2,1H3,(H,14,15). The van der Waals surface area contributed by atoms with Gasteiger partial charge in [-0.25, -0.2) is 0 Å². The summed E-state index contributed by atoms with van der Waals surface area (Å²) in [5.41, 5.74) is -0.741. The van der Waals surface area contributed by atoms with Crippen LogP contribution < -0.4 is 0 Å². The molecule has 16 heavy (non-hydrogen) atoms. The zero-order chi connectivity index (χ0) is 11.6. The molecule has 0 aromatic carbocycles. The lowest BCUT2D eigenvalue weighted by Gasteiger charge is -2.42. The van der Waals surface area contributed by atoms with Gasteiger partial charge in [0.1, 0.15) is 5.54 Å².